The predicted molar refractivity (Wildman–Crippen MR) is 63.3 cm³/mol. The normalized spacial score (nSPS) is 50.1. The van der Waals surface area contributed by atoms with Crippen LogP contribution >= 0.6 is 0 Å². The van der Waals surface area contributed by atoms with Gasteiger partial charge in [-0.3, -0.25) is 0 Å². The summed E-state index contributed by atoms with van der Waals surface area (Å²) in [5, 5.41) is 0. The van der Waals surface area contributed by atoms with Crippen molar-refractivity contribution in [3.63, 3.8) is 0 Å². The van der Waals surface area contributed by atoms with Crippen molar-refractivity contribution in [2.24, 2.45) is 35.3 Å². The van der Waals surface area contributed by atoms with Gasteiger partial charge in [0.25, 0.3) is 0 Å². The summed E-state index contributed by atoms with van der Waals surface area (Å²) in [6.07, 6.45) is 11.9. The van der Waals surface area contributed by atoms with E-state index in [9.17, 15) is 0 Å². The molecule has 4 fully saturated rings. The smallest absolute Gasteiger partial charge is 0.0257 e. The lowest BCUT2D eigenvalue weighted by Gasteiger charge is -2.55. The monoisotopic (exact) mass is 205 g/mol. The Kier molecular flexibility index (Phi) is 2.39. The summed E-state index contributed by atoms with van der Waals surface area (Å²) in [5.41, 5.74) is 6.32. The Hall–Kier alpha value is -0.300. The summed E-state index contributed by atoms with van der Waals surface area (Å²) in [5.74, 6) is 4.89. The van der Waals surface area contributed by atoms with Gasteiger partial charge in [0.1, 0.15) is 0 Å². The number of allylic oxidation sites excluding steroid dienone is 1. The Morgan fingerprint density at radius 2 is 1.53 bits per heavy atom. The zero-order valence-electron chi connectivity index (χ0n) is 9.73. The van der Waals surface area contributed by atoms with E-state index in [4.69, 9.17) is 5.73 Å². The first-order valence-electron chi connectivity index (χ1n) is 6.66. The molecule has 4 rings (SSSR count). The molecule has 1 atom stereocenters. The van der Waals surface area contributed by atoms with E-state index < -0.39 is 0 Å². The van der Waals surface area contributed by atoms with Crippen LogP contribution < -0.4 is 5.73 Å². The summed E-state index contributed by atoms with van der Waals surface area (Å²) in [7, 11) is 0. The molecule has 84 valence electrons. The van der Waals surface area contributed by atoms with E-state index in [-0.39, 0.29) is 0 Å². The molecular formula is C14H23N. The van der Waals surface area contributed by atoms with E-state index in [0.29, 0.717) is 6.04 Å². The maximum Gasteiger partial charge on any atom is 0.0257 e. The number of rotatable bonds is 2. The van der Waals surface area contributed by atoms with Crippen molar-refractivity contribution in [1.82, 2.24) is 0 Å². The van der Waals surface area contributed by atoms with Crippen LogP contribution in [0.25, 0.3) is 0 Å². The second-order valence-corrected chi connectivity index (χ2v) is 6.11. The molecule has 4 aliphatic carbocycles. The molecule has 2 N–H and O–H groups in total. The van der Waals surface area contributed by atoms with Crippen molar-refractivity contribution < 1.29 is 0 Å². The van der Waals surface area contributed by atoms with Crippen LogP contribution in [-0.2, 0) is 0 Å². The third kappa shape index (κ3) is 1.56. The Bertz CT molecular complexity index is 241. The van der Waals surface area contributed by atoms with Crippen LogP contribution in [0.1, 0.15) is 39.0 Å². The van der Waals surface area contributed by atoms with Gasteiger partial charge in [-0.1, -0.05) is 12.2 Å². The molecule has 1 unspecified atom stereocenters. The van der Waals surface area contributed by atoms with Gasteiger partial charge in [0, 0.05) is 6.04 Å². The average molecular weight is 205 g/mol. The van der Waals surface area contributed by atoms with Crippen LogP contribution in [0.3, 0.4) is 0 Å². The summed E-state index contributed by atoms with van der Waals surface area (Å²) < 4.78 is 0. The maximum absolute atomic E-state index is 6.32. The molecule has 1 heteroatoms. The molecule has 0 aromatic rings. The van der Waals surface area contributed by atoms with Gasteiger partial charge in [-0.2, -0.15) is 0 Å². The fourth-order valence-corrected chi connectivity index (χ4v) is 4.95. The van der Waals surface area contributed by atoms with E-state index in [1.165, 1.54) is 25.7 Å². The second kappa shape index (κ2) is 3.62. The zero-order valence-corrected chi connectivity index (χ0v) is 9.73. The van der Waals surface area contributed by atoms with Gasteiger partial charge in [0.05, 0.1) is 0 Å². The largest absolute Gasteiger partial charge is 0.324 e. The molecule has 1 nitrogen and oxygen atoms in total. The van der Waals surface area contributed by atoms with Gasteiger partial charge in [-0.25, -0.2) is 0 Å². The first-order chi connectivity index (χ1) is 7.28. The maximum atomic E-state index is 6.32. The molecule has 4 saturated carbocycles. The number of nitrogens with two attached hydrogens (primary N) is 1. The summed E-state index contributed by atoms with van der Waals surface area (Å²) in [6, 6.07) is 0.338. The molecule has 0 aromatic carbocycles. The Morgan fingerprint density at radius 1 is 1.00 bits per heavy atom. The van der Waals surface area contributed by atoms with Crippen LogP contribution in [0, 0.1) is 29.6 Å². The quantitative estimate of drug-likeness (QED) is 0.689. The van der Waals surface area contributed by atoms with Gasteiger partial charge in [0.2, 0.25) is 0 Å². The Balaban J connectivity index is 1.80. The standard InChI is InChI=1S/C14H23N/c1-2-3-13(15)14-11-5-9-4-10(7-11)8-12(14)6-9/h2-3,9-14H,4-8,15H2,1H3/b3-2+. The molecule has 0 saturated heterocycles. The van der Waals surface area contributed by atoms with E-state index >= 15 is 0 Å². The topological polar surface area (TPSA) is 26.0 Å². The van der Waals surface area contributed by atoms with Crippen molar-refractivity contribution >= 4 is 0 Å². The fraction of sp³-hybridized carbons (Fsp3) is 0.857. The summed E-state index contributed by atoms with van der Waals surface area (Å²) in [4.78, 5) is 0. The highest BCUT2D eigenvalue weighted by atomic mass is 14.7. The van der Waals surface area contributed by atoms with Crippen LogP contribution in [0.4, 0.5) is 0 Å². The number of hydrogen-bond donors (Lipinski definition) is 1. The molecule has 0 aliphatic heterocycles. The van der Waals surface area contributed by atoms with Crippen LogP contribution in [0.15, 0.2) is 12.2 Å². The first kappa shape index (κ1) is 9.89. The van der Waals surface area contributed by atoms with Crippen LogP contribution in [-0.4, -0.2) is 6.04 Å². The number of hydrogen-bond acceptors (Lipinski definition) is 1. The van der Waals surface area contributed by atoms with Gasteiger partial charge in [-0.15, -0.1) is 0 Å². The van der Waals surface area contributed by atoms with E-state index in [1.54, 1.807) is 6.42 Å². The highest BCUT2D eigenvalue weighted by molar-refractivity contribution is 5.05. The lowest BCUT2D eigenvalue weighted by atomic mass is 9.50. The first-order valence-corrected chi connectivity index (χ1v) is 6.66. The molecule has 0 heterocycles. The second-order valence-electron chi connectivity index (χ2n) is 6.11. The fourth-order valence-electron chi connectivity index (χ4n) is 4.95. The molecular weight excluding hydrogens is 182 g/mol. The van der Waals surface area contributed by atoms with E-state index in [0.717, 1.165) is 29.6 Å². The molecule has 0 amide bonds. The minimum Gasteiger partial charge on any atom is -0.324 e. The Morgan fingerprint density at radius 3 is 2.00 bits per heavy atom. The molecule has 4 bridgehead atoms. The summed E-state index contributed by atoms with van der Waals surface area (Å²) >= 11 is 0. The molecule has 0 aromatic heterocycles. The van der Waals surface area contributed by atoms with Gasteiger partial charge in [0.15, 0.2) is 0 Å². The van der Waals surface area contributed by atoms with Crippen LogP contribution in [0.2, 0.25) is 0 Å². The highest BCUT2D eigenvalue weighted by Crippen LogP contribution is 2.57. The van der Waals surface area contributed by atoms with Crippen molar-refractivity contribution in [3.8, 4) is 0 Å². The van der Waals surface area contributed by atoms with Crippen molar-refractivity contribution in [1.29, 1.82) is 0 Å². The molecule has 4 aliphatic rings. The van der Waals surface area contributed by atoms with E-state index in [2.05, 4.69) is 19.1 Å². The third-order valence-electron chi connectivity index (χ3n) is 5.16. The SMILES string of the molecule is C/C=C/C(N)C1C2CC3CC(C2)CC1C3. The molecule has 0 spiro atoms. The zero-order chi connectivity index (χ0) is 10.4. The van der Waals surface area contributed by atoms with Gasteiger partial charge < -0.3 is 5.73 Å². The van der Waals surface area contributed by atoms with E-state index in [1.807, 2.05) is 0 Å². The third-order valence-corrected chi connectivity index (χ3v) is 5.16. The van der Waals surface area contributed by atoms with Crippen molar-refractivity contribution in [2.45, 2.75) is 45.1 Å². The summed E-state index contributed by atoms with van der Waals surface area (Å²) in [6.45, 7) is 2.09. The minimum atomic E-state index is 0.338. The van der Waals surface area contributed by atoms with Gasteiger partial charge in [-0.05, 0) is 68.6 Å². The average Bonchev–Trinajstić information content (AvgIpc) is 2.15. The van der Waals surface area contributed by atoms with Crippen molar-refractivity contribution in [2.75, 3.05) is 0 Å². The predicted octanol–water partition coefficient (Wildman–Crippen LogP) is 2.96. The lowest BCUT2D eigenvalue weighted by molar-refractivity contribution is -0.0409. The van der Waals surface area contributed by atoms with Crippen molar-refractivity contribution in [3.05, 3.63) is 12.2 Å². The molecule has 15 heavy (non-hydrogen) atoms. The highest BCUT2D eigenvalue weighted by Gasteiger charge is 2.49. The van der Waals surface area contributed by atoms with Gasteiger partial charge >= 0.3 is 0 Å². The minimum absolute atomic E-state index is 0.338. The Labute approximate surface area is 93.1 Å². The van der Waals surface area contributed by atoms with Crippen LogP contribution in [0.5, 0.6) is 0 Å². The lowest BCUT2D eigenvalue weighted by Crippen LogP contribution is -2.51. The molecule has 0 radical (unpaired) electrons.